The zero-order valence-electron chi connectivity index (χ0n) is 12.0. The van der Waals surface area contributed by atoms with Crippen molar-refractivity contribution in [2.75, 3.05) is 20.1 Å². The summed E-state index contributed by atoms with van der Waals surface area (Å²) in [6, 6.07) is 8.95. The van der Waals surface area contributed by atoms with Gasteiger partial charge in [-0.2, -0.15) is 0 Å². The average Bonchev–Trinajstić information content (AvgIpc) is 2.80. The van der Waals surface area contributed by atoms with Crippen molar-refractivity contribution < 1.29 is 0 Å². The number of benzene rings is 1. The molecule has 2 rings (SSSR count). The fourth-order valence-corrected chi connectivity index (χ4v) is 2.84. The molecule has 0 spiro atoms. The molecule has 0 aliphatic carbocycles. The maximum Gasteiger partial charge on any atom is 0.108 e. The lowest BCUT2D eigenvalue weighted by Crippen LogP contribution is -2.29. The van der Waals surface area contributed by atoms with E-state index in [1.807, 2.05) is 6.07 Å². The summed E-state index contributed by atoms with van der Waals surface area (Å²) >= 11 is 1.78. The molecule has 0 aliphatic rings. The minimum Gasteiger partial charge on any atom is -0.310 e. The fraction of sp³-hybridized carbons (Fsp3) is 0.533. The van der Waals surface area contributed by atoms with Crippen LogP contribution in [0.3, 0.4) is 0 Å². The molecular weight excluding hydrogens is 254 g/mol. The van der Waals surface area contributed by atoms with Crippen LogP contribution < -0.4 is 5.32 Å². The minimum absolute atomic E-state index is 0.629. The quantitative estimate of drug-likeness (QED) is 0.788. The summed E-state index contributed by atoms with van der Waals surface area (Å²) in [7, 11) is 2.18. The van der Waals surface area contributed by atoms with Crippen molar-refractivity contribution in [2.45, 2.75) is 32.9 Å². The maximum absolute atomic E-state index is 4.62. The molecule has 19 heavy (non-hydrogen) atoms. The SMILES string of the molecule is CC(C)N(C)CCCNCc1nc2ccccc2s1. The molecule has 1 N–H and O–H groups in total. The molecule has 0 unspecified atom stereocenters. The predicted molar refractivity (Wildman–Crippen MR) is 83.7 cm³/mol. The Morgan fingerprint density at radius 2 is 2.11 bits per heavy atom. The molecule has 1 heterocycles. The first-order chi connectivity index (χ1) is 9.16. The molecule has 1 aromatic carbocycles. The molecule has 0 saturated carbocycles. The van der Waals surface area contributed by atoms with Crippen LogP contribution in [0.15, 0.2) is 24.3 Å². The highest BCUT2D eigenvalue weighted by molar-refractivity contribution is 7.18. The molecule has 0 amide bonds. The second kappa shape index (κ2) is 6.98. The molecule has 0 fully saturated rings. The van der Waals surface area contributed by atoms with Crippen molar-refractivity contribution in [3.63, 3.8) is 0 Å². The van der Waals surface area contributed by atoms with Gasteiger partial charge >= 0.3 is 0 Å². The summed E-state index contributed by atoms with van der Waals surface area (Å²) in [5.74, 6) is 0. The highest BCUT2D eigenvalue weighted by atomic mass is 32.1. The summed E-state index contributed by atoms with van der Waals surface area (Å²) in [6.07, 6.45) is 1.18. The smallest absolute Gasteiger partial charge is 0.108 e. The van der Waals surface area contributed by atoms with Crippen LogP contribution in [0.5, 0.6) is 0 Å². The van der Waals surface area contributed by atoms with Gasteiger partial charge in [0.2, 0.25) is 0 Å². The molecule has 2 aromatic rings. The molecule has 0 radical (unpaired) electrons. The van der Waals surface area contributed by atoms with Gasteiger partial charge in [-0.25, -0.2) is 4.98 Å². The van der Waals surface area contributed by atoms with Crippen molar-refractivity contribution in [1.82, 2.24) is 15.2 Å². The Bertz CT molecular complexity index is 474. The van der Waals surface area contributed by atoms with Crippen LogP contribution >= 0.6 is 11.3 Å². The number of thiazole rings is 1. The highest BCUT2D eigenvalue weighted by Gasteiger charge is 2.03. The van der Waals surface area contributed by atoms with E-state index in [2.05, 4.69) is 54.3 Å². The van der Waals surface area contributed by atoms with Crippen LogP contribution in [0.1, 0.15) is 25.3 Å². The van der Waals surface area contributed by atoms with Gasteiger partial charge in [-0.1, -0.05) is 12.1 Å². The number of hydrogen-bond acceptors (Lipinski definition) is 4. The number of aromatic nitrogens is 1. The Morgan fingerprint density at radius 3 is 2.84 bits per heavy atom. The Labute approximate surface area is 119 Å². The summed E-state index contributed by atoms with van der Waals surface area (Å²) in [4.78, 5) is 6.99. The van der Waals surface area contributed by atoms with Crippen molar-refractivity contribution in [3.8, 4) is 0 Å². The summed E-state index contributed by atoms with van der Waals surface area (Å²) in [5, 5.41) is 4.66. The van der Waals surface area contributed by atoms with Gasteiger partial charge in [0.1, 0.15) is 5.01 Å². The van der Waals surface area contributed by atoms with E-state index in [9.17, 15) is 0 Å². The van der Waals surface area contributed by atoms with Crippen molar-refractivity contribution in [3.05, 3.63) is 29.3 Å². The van der Waals surface area contributed by atoms with E-state index in [0.717, 1.165) is 25.2 Å². The van der Waals surface area contributed by atoms with E-state index < -0.39 is 0 Å². The first-order valence-corrected chi connectivity index (χ1v) is 7.74. The summed E-state index contributed by atoms with van der Waals surface area (Å²) in [6.45, 7) is 7.53. The molecule has 4 heteroatoms. The predicted octanol–water partition coefficient (Wildman–Crippen LogP) is 3.12. The third-order valence-electron chi connectivity index (χ3n) is 3.36. The summed E-state index contributed by atoms with van der Waals surface area (Å²) in [5.41, 5.74) is 1.11. The third-order valence-corrected chi connectivity index (χ3v) is 4.40. The van der Waals surface area contributed by atoms with E-state index in [4.69, 9.17) is 0 Å². The van der Waals surface area contributed by atoms with E-state index in [1.165, 1.54) is 16.1 Å². The van der Waals surface area contributed by atoms with Crippen molar-refractivity contribution >= 4 is 21.6 Å². The van der Waals surface area contributed by atoms with Gasteiger partial charge in [0.25, 0.3) is 0 Å². The Morgan fingerprint density at radius 1 is 1.32 bits per heavy atom. The number of hydrogen-bond donors (Lipinski definition) is 1. The Hall–Kier alpha value is -0.970. The lowest BCUT2D eigenvalue weighted by atomic mass is 10.3. The molecule has 0 aliphatic heterocycles. The van der Waals surface area contributed by atoms with Crippen LogP contribution in [0.4, 0.5) is 0 Å². The zero-order chi connectivity index (χ0) is 13.7. The largest absolute Gasteiger partial charge is 0.310 e. The normalized spacial score (nSPS) is 11.8. The first kappa shape index (κ1) is 14.4. The van der Waals surface area contributed by atoms with E-state index in [0.29, 0.717) is 6.04 Å². The van der Waals surface area contributed by atoms with Crippen LogP contribution in [0.2, 0.25) is 0 Å². The number of fused-ring (bicyclic) bond motifs is 1. The second-order valence-electron chi connectivity index (χ2n) is 5.18. The van der Waals surface area contributed by atoms with Gasteiger partial charge in [-0.15, -0.1) is 11.3 Å². The topological polar surface area (TPSA) is 28.2 Å². The van der Waals surface area contributed by atoms with Crippen LogP contribution in [-0.4, -0.2) is 36.1 Å². The van der Waals surface area contributed by atoms with E-state index in [1.54, 1.807) is 11.3 Å². The van der Waals surface area contributed by atoms with E-state index >= 15 is 0 Å². The van der Waals surface area contributed by atoms with Gasteiger partial charge in [0, 0.05) is 12.6 Å². The van der Waals surface area contributed by atoms with Crippen LogP contribution in [-0.2, 0) is 6.54 Å². The monoisotopic (exact) mass is 277 g/mol. The van der Waals surface area contributed by atoms with Crippen LogP contribution in [0, 0.1) is 0 Å². The Balaban J connectivity index is 1.71. The number of nitrogens with one attached hydrogen (secondary N) is 1. The molecule has 0 atom stereocenters. The van der Waals surface area contributed by atoms with Gasteiger partial charge in [0.15, 0.2) is 0 Å². The Kier molecular flexibility index (Phi) is 5.31. The van der Waals surface area contributed by atoms with Crippen LogP contribution in [0.25, 0.3) is 10.2 Å². The average molecular weight is 277 g/mol. The number of para-hydroxylation sites is 1. The van der Waals surface area contributed by atoms with Gasteiger partial charge in [-0.05, 0) is 52.5 Å². The molecule has 3 nitrogen and oxygen atoms in total. The molecule has 0 bridgehead atoms. The second-order valence-corrected chi connectivity index (χ2v) is 6.30. The lowest BCUT2D eigenvalue weighted by molar-refractivity contribution is 0.269. The number of rotatable bonds is 7. The number of nitrogens with zero attached hydrogens (tertiary/aromatic N) is 2. The fourth-order valence-electron chi connectivity index (χ4n) is 1.90. The zero-order valence-corrected chi connectivity index (χ0v) is 12.8. The summed E-state index contributed by atoms with van der Waals surface area (Å²) < 4.78 is 1.28. The standard InChI is InChI=1S/C15H23N3S/c1-12(2)18(3)10-6-9-16-11-15-17-13-7-4-5-8-14(13)19-15/h4-5,7-8,12,16H,6,9-11H2,1-3H3. The van der Waals surface area contributed by atoms with E-state index in [-0.39, 0.29) is 0 Å². The van der Waals surface area contributed by atoms with Gasteiger partial charge < -0.3 is 10.2 Å². The maximum atomic E-state index is 4.62. The molecule has 1 aromatic heterocycles. The first-order valence-electron chi connectivity index (χ1n) is 6.92. The molecule has 104 valence electrons. The van der Waals surface area contributed by atoms with Gasteiger partial charge in [0.05, 0.1) is 10.2 Å². The van der Waals surface area contributed by atoms with Crippen molar-refractivity contribution in [1.29, 1.82) is 0 Å². The molecular formula is C15H23N3S. The third kappa shape index (κ3) is 4.27. The lowest BCUT2D eigenvalue weighted by Gasteiger charge is -2.20. The minimum atomic E-state index is 0.629. The van der Waals surface area contributed by atoms with Crippen molar-refractivity contribution in [2.24, 2.45) is 0 Å². The molecule has 0 saturated heterocycles. The van der Waals surface area contributed by atoms with Gasteiger partial charge in [-0.3, -0.25) is 0 Å². The highest BCUT2D eigenvalue weighted by Crippen LogP contribution is 2.21.